The van der Waals surface area contributed by atoms with Crippen LogP contribution in [0.15, 0.2) is 23.4 Å². The molecule has 0 saturated carbocycles. The summed E-state index contributed by atoms with van der Waals surface area (Å²) >= 11 is 0. The van der Waals surface area contributed by atoms with E-state index in [9.17, 15) is 15.1 Å². The van der Waals surface area contributed by atoms with Gasteiger partial charge in [0.2, 0.25) is 5.88 Å². The minimum absolute atomic E-state index is 0.103. The zero-order valence-electron chi connectivity index (χ0n) is 6.48. The number of aromatic amines is 1. The molecule has 1 aromatic heterocycles. The SMILES string of the molecule is O=Nc1cccc2c(O)[nH]c(O)c12. The highest BCUT2D eigenvalue weighted by Crippen LogP contribution is 2.37. The lowest BCUT2D eigenvalue weighted by Gasteiger charge is -1.92. The predicted molar refractivity (Wildman–Crippen MR) is 47.1 cm³/mol. The minimum Gasteiger partial charge on any atom is -0.494 e. The number of H-pyrrole nitrogens is 1. The van der Waals surface area contributed by atoms with Crippen LogP contribution in [0.1, 0.15) is 0 Å². The molecule has 0 spiro atoms. The molecule has 0 amide bonds. The summed E-state index contributed by atoms with van der Waals surface area (Å²) in [4.78, 5) is 12.6. The fraction of sp³-hybridized carbons (Fsp3) is 0. The van der Waals surface area contributed by atoms with E-state index in [4.69, 9.17) is 0 Å². The van der Waals surface area contributed by atoms with E-state index in [1.165, 1.54) is 6.07 Å². The predicted octanol–water partition coefficient (Wildman–Crippen LogP) is 1.98. The lowest BCUT2D eigenvalue weighted by Crippen LogP contribution is -1.66. The third-order valence-corrected chi connectivity index (χ3v) is 1.87. The van der Waals surface area contributed by atoms with Gasteiger partial charge in [-0.05, 0) is 17.3 Å². The largest absolute Gasteiger partial charge is 0.494 e. The zero-order chi connectivity index (χ0) is 9.42. The number of nitrogens with zero attached hydrogens (tertiary/aromatic N) is 1. The number of aromatic hydroxyl groups is 2. The maximum absolute atomic E-state index is 10.3. The molecular formula is C8H6N2O3. The molecule has 3 N–H and O–H groups in total. The molecule has 0 radical (unpaired) electrons. The van der Waals surface area contributed by atoms with Gasteiger partial charge in [-0.1, -0.05) is 6.07 Å². The number of nitrogens with one attached hydrogen (secondary N) is 1. The van der Waals surface area contributed by atoms with Gasteiger partial charge in [0, 0.05) is 5.39 Å². The third-order valence-electron chi connectivity index (χ3n) is 1.87. The number of hydrogen-bond acceptors (Lipinski definition) is 4. The second-order valence-electron chi connectivity index (χ2n) is 2.61. The van der Waals surface area contributed by atoms with Crippen LogP contribution >= 0.6 is 0 Å². The summed E-state index contributed by atoms with van der Waals surface area (Å²) in [6.07, 6.45) is 0. The Kier molecular flexibility index (Phi) is 1.45. The molecule has 0 aliphatic carbocycles. The fourth-order valence-electron chi connectivity index (χ4n) is 1.30. The van der Waals surface area contributed by atoms with Crippen molar-refractivity contribution < 1.29 is 10.2 Å². The van der Waals surface area contributed by atoms with E-state index in [0.29, 0.717) is 5.39 Å². The average molecular weight is 178 g/mol. The lowest BCUT2D eigenvalue weighted by atomic mass is 10.2. The Balaban J connectivity index is 2.96. The molecule has 13 heavy (non-hydrogen) atoms. The number of aromatic nitrogens is 1. The first-order valence-electron chi connectivity index (χ1n) is 3.60. The van der Waals surface area contributed by atoms with Gasteiger partial charge in [-0.2, -0.15) is 0 Å². The van der Waals surface area contributed by atoms with Gasteiger partial charge >= 0.3 is 0 Å². The van der Waals surface area contributed by atoms with Crippen molar-refractivity contribution in [3.8, 4) is 11.8 Å². The molecule has 1 heterocycles. The molecule has 5 heteroatoms. The van der Waals surface area contributed by atoms with Crippen LogP contribution < -0.4 is 0 Å². The van der Waals surface area contributed by atoms with Crippen molar-refractivity contribution in [3.63, 3.8) is 0 Å². The summed E-state index contributed by atoms with van der Waals surface area (Å²) < 4.78 is 0. The van der Waals surface area contributed by atoms with Crippen molar-refractivity contribution in [1.82, 2.24) is 4.98 Å². The highest BCUT2D eigenvalue weighted by molar-refractivity contribution is 6.00. The molecule has 0 bridgehead atoms. The maximum atomic E-state index is 10.3. The van der Waals surface area contributed by atoms with Crippen LogP contribution in [0.5, 0.6) is 11.8 Å². The summed E-state index contributed by atoms with van der Waals surface area (Å²) in [7, 11) is 0. The highest BCUT2D eigenvalue weighted by atomic mass is 16.3. The van der Waals surface area contributed by atoms with E-state index < -0.39 is 0 Å². The second kappa shape index (κ2) is 2.48. The van der Waals surface area contributed by atoms with Crippen LogP contribution in [0.2, 0.25) is 0 Å². The maximum Gasteiger partial charge on any atom is 0.201 e. The number of benzene rings is 1. The van der Waals surface area contributed by atoms with Crippen molar-refractivity contribution in [2.24, 2.45) is 5.18 Å². The van der Waals surface area contributed by atoms with Crippen LogP contribution in [0.4, 0.5) is 5.69 Å². The molecule has 2 aromatic rings. The molecule has 0 saturated heterocycles. The number of rotatable bonds is 1. The van der Waals surface area contributed by atoms with Gasteiger partial charge in [0.1, 0.15) is 5.69 Å². The van der Waals surface area contributed by atoms with Crippen molar-refractivity contribution >= 4 is 16.5 Å². The molecule has 0 aliphatic rings. The van der Waals surface area contributed by atoms with E-state index in [1.54, 1.807) is 12.1 Å². The van der Waals surface area contributed by atoms with Gasteiger partial charge in [-0.25, -0.2) is 0 Å². The van der Waals surface area contributed by atoms with Gasteiger partial charge in [0.05, 0.1) is 5.39 Å². The van der Waals surface area contributed by atoms with E-state index >= 15 is 0 Å². The standard InChI is InChI=1S/C8H6N2O3/c11-7-4-2-1-3-5(10-13)6(4)8(12)9-7/h1-3,9,11-12H. The Labute approximate surface area is 72.6 Å². The van der Waals surface area contributed by atoms with E-state index in [2.05, 4.69) is 10.2 Å². The van der Waals surface area contributed by atoms with Crippen LogP contribution in [0, 0.1) is 4.91 Å². The Morgan fingerprint density at radius 1 is 1.23 bits per heavy atom. The van der Waals surface area contributed by atoms with E-state index in [-0.39, 0.29) is 22.8 Å². The Bertz CT molecular complexity index is 475. The summed E-state index contributed by atoms with van der Waals surface area (Å²) in [6.45, 7) is 0. The van der Waals surface area contributed by atoms with Gasteiger partial charge in [0.25, 0.3) is 0 Å². The van der Waals surface area contributed by atoms with Crippen molar-refractivity contribution in [2.75, 3.05) is 0 Å². The van der Waals surface area contributed by atoms with Crippen molar-refractivity contribution in [3.05, 3.63) is 23.1 Å². The quantitative estimate of drug-likeness (QED) is 0.583. The molecular weight excluding hydrogens is 172 g/mol. The summed E-state index contributed by atoms with van der Waals surface area (Å²) in [5.41, 5.74) is 0.103. The average Bonchev–Trinajstić information content (AvgIpc) is 2.43. The Morgan fingerprint density at radius 3 is 2.69 bits per heavy atom. The first-order valence-corrected chi connectivity index (χ1v) is 3.60. The lowest BCUT2D eigenvalue weighted by molar-refractivity contribution is 0.429. The number of nitroso groups, excluding NO2 is 1. The van der Waals surface area contributed by atoms with Gasteiger partial charge in [-0.3, -0.25) is 4.98 Å². The normalized spacial score (nSPS) is 10.5. The number of hydrogen-bond donors (Lipinski definition) is 3. The first kappa shape index (κ1) is 7.60. The minimum atomic E-state index is -0.247. The van der Waals surface area contributed by atoms with Crippen LogP contribution in [-0.4, -0.2) is 15.2 Å². The van der Waals surface area contributed by atoms with Crippen molar-refractivity contribution in [2.45, 2.75) is 0 Å². The molecule has 0 aliphatic heterocycles. The van der Waals surface area contributed by atoms with Gasteiger partial charge in [-0.15, -0.1) is 4.91 Å². The monoisotopic (exact) mass is 178 g/mol. The fourth-order valence-corrected chi connectivity index (χ4v) is 1.30. The molecule has 5 nitrogen and oxygen atoms in total. The first-order chi connectivity index (χ1) is 6.24. The summed E-state index contributed by atoms with van der Waals surface area (Å²) in [5.74, 6) is -0.416. The third kappa shape index (κ3) is 0.936. The highest BCUT2D eigenvalue weighted by Gasteiger charge is 2.12. The summed E-state index contributed by atoms with van der Waals surface area (Å²) in [6, 6.07) is 4.62. The topological polar surface area (TPSA) is 85.7 Å². The molecule has 0 fully saturated rings. The van der Waals surface area contributed by atoms with Crippen molar-refractivity contribution in [1.29, 1.82) is 0 Å². The second-order valence-corrected chi connectivity index (χ2v) is 2.61. The zero-order valence-corrected chi connectivity index (χ0v) is 6.48. The molecule has 1 aromatic carbocycles. The smallest absolute Gasteiger partial charge is 0.201 e. The molecule has 0 atom stereocenters. The van der Waals surface area contributed by atoms with Gasteiger partial charge < -0.3 is 10.2 Å². The molecule has 0 unspecified atom stereocenters. The van der Waals surface area contributed by atoms with Crippen LogP contribution in [0.25, 0.3) is 10.8 Å². The molecule has 2 rings (SSSR count). The summed E-state index contributed by atoms with van der Waals surface area (Å²) in [5, 5.41) is 21.9. The van der Waals surface area contributed by atoms with E-state index in [1.807, 2.05) is 0 Å². The Morgan fingerprint density at radius 2 is 2.00 bits per heavy atom. The Hall–Kier alpha value is -2.04. The van der Waals surface area contributed by atoms with Crippen LogP contribution in [0.3, 0.4) is 0 Å². The van der Waals surface area contributed by atoms with Gasteiger partial charge in [0.15, 0.2) is 5.88 Å². The van der Waals surface area contributed by atoms with E-state index in [0.717, 1.165) is 0 Å². The molecule has 66 valence electrons. The number of fused-ring (bicyclic) bond motifs is 1. The van der Waals surface area contributed by atoms with Crippen LogP contribution in [-0.2, 0) is 0 Å².